The van der Waals surface area contributed by atoms with Gasteiger partial charge in [0.15, 0.2) is 0 Å². The van der Waals surface area contributed by atoms with Gasteiger partial charge in [0.2, 0.25) is 0 Å². The van der Waals surface area contributed by atoms with Gasteiger partial charge in [-0.25, -0.2) is 0 Å². The van der Waals surface area contributed by atoms with E-state index in [1.165, 1.54) is 11.1 Å². The molecule has 0 aromatic heterocycles. The van der Waals surface area contributed by atoms with E-state index >= 15 is 0 Å². The molecule has 0 saturated carbocycles. The molecule has 1 unspecified atom stereocenters. The first kappa shape index (κ1) is 12.8. The van der Waals surface area contributed by atoms with Crippen molar-refractivity contribution in [3.8, 4) is 0 Å². The molecule has 1 aromatic carbocycles. The third-order valence-electron chi connectivity index (χ3n) is 2.84. The Morgan fingerprint density at radius 1 is 1.25 bits per heavy atom. The van der Waals surface area contributed by atoms with Crippen LogP contribution in [-0.2, 0) is 0 Å². The standard InChI is InChI=1S/C16H22/c1-4-6-10-16(13-14(3)5-2)15-11-8-7-9-12-15/h6-12,16H,3-5,13H2,1-2H3/b10-6+. The molecule has 1 rings (SSSR count). The second-order valence-electron chi connectivity index (χ2n) is 4.16. The molecular weight excluding hydrogens is 192 g/mol. The molecular formula is C16H22. The van der Waals surface area contributed by atoms with Gasteiger partial charge in [0.05, 0.1) is 0 Å². The lowest BCUT2D eigenvalue weighted by atomic mass is 9.91. The lowest BCUT2D eigenvalue weighted by Crippen LogP contribution is -1.96. The summed E-state index contributed by atoms with van der Waals surface area (Å²) in [4.78, 5) is 0. The van der Waals surface area contributed by atoms with Crippen LogP contribution in [0.2, 0.25) is 0 Å². The van der Waals surface area contributed by atoms with Crippen molar-refractivity contribution < 1.29 is 0 Å². The molecule has 0 heteroatoms. The van der Waals surface area contributed by atoms with Crippen LogP contribution in [0.4, 0.5) is 0 Å². The Kier molecular flexibility index (Phi) is 5.63. The summed E-state index contributed by atoms with van der Waals surface area (Å²) in [7, 11) is 0. The van der Waals surface area contributed by atoms with E-state index in [1.807, 2.05) is 0 Å². The summed E-state index contributed by atoms with van der Waals surface area (Å²) >= 11 is 0. The first-order valence-electron chi connectivity index (χ1n) is 6.16. The normalized spacial score (nSPS) is 12.9. The van der Waals surface area contributed by atoms with E-state index in [0.29, 0.717) is 5.92 Å². The first-order valence-corrected chi connectivity index (χ1v) is 6.16. The molecule has 0 aliphatic carbocycles. The van der Waals surface area contributed by atoms with Gasteiger partial charge in [0.1, 0.15) is 0 Å². The van der Waals surface area contributed by atoms with Gasteiger partial charge in [-0.1, -0.05) is 68.5 Å². The molecule has 0 aliphatic rings. The molecule has 0 amide bonds. The summed E-state index contributed by atoms with van der Waals surface area (Å²) in [6, 6.07) is 10.7. The van der Waals surface area contributed by atoms with E-state index in [2.05, 4.69) is 62.9 Å². The SMILES string of the molecule is C=C(CC)CC(/C=C/CC)c1ccccc1. The van der Waals surface area contributed by atoms with Gasteiger partial charge < -0.3 is 0 Å². The van der Waals surface area contributed by atoms with Crippen LogP contribution in [0.3, 0.4) is 0 Å². The number of rotatable bonds is 6. The largest absolute Gasteiger partial charge is 0.0998 e. The molecule has 1 atom stereocenters. The van der Waals surface area contributed by atoms with Gasteiger partial charge in [-0.2, -0.15) is 0 Å². The Labute approximate surface area is 99.7 Å². The van der Waals surface area contributed by atoms with E-state index in [4.69, 9.17) is 0 Å². The predicted octanol–water partition coefficient (Wildman–Crippen LogP) is 5.09. The maximum Gasteiger partial charge on any atom is 0.00550 e. The number of hydrogen-bond acceptors (Lipinski definition) is 0. The fourth-order valence-corrected chi connectivity index (χ4v) is 1.75. The van der Waals surface area contributed by atoms with Crippen molar-refractivity contribution in [1.29, 1.82) is 0 Å². The number of benzene rings is 1. The van der Waals surface area contributed by atoms with Crippen molar-refractivity contribution in [3.63, 3.8) is 0 Å². The molecule has 0 saturated heterocycles. The van der Waals surface area contributed by atoms with E-state index in [0.717, 1.165) is 19.3 Å². The Balaban J connectivity index is 2.79. The highest BCUT2D eigenvalue weighted by Crippen LogP contribution is 2.25. The topological polar surface area (TPSA) is 0 Å². The van der Waals surface area contributed by atoms with Crippen LogP contribution in [0.25, 0.3) is 0 Å². The lowest BCUT2D eigenvalue weighted by Gasteiger charge is -2.14. The number of allylic oxidation sites excluding steroid dienone is 3. The number of hydrogen-bond donors (Lipinski definition) is 0. The maximum absolute atomic E-state index is 4.11. The van der Waals surface area contributed by atoms with Gasteiger partial charge in [-0.05, 0) is 24.8 Å². The average molecular weight is 214 g/mol. The molecule has 86 valence electrons. The summed E-state index contributed by atoms with van der Waals surface area (Å²) < 4.78 is 0. The smallest absolute Gasteiger partial charge is 0.00550 e. The van der Waals surface area contributed by atoms with Gasteiger partial charge >= 0.3 is 0 Å². The van der Waals surface area contributed by atoms with Crippen molar-refractivity contribution in [1.82, 2.24) is 0 Å². The fourth-order valence-electron chi connectivity index (χ4n) is 1.75. The Morgan fingerprint density at radius 2 is 1.94 bits per heavy atom. The quantitative estimate of drug-likeness (QED) is 0.578. The molecule has 0 aliphatic heterocycles. The van der Waals surface area contributed by atoms with Crippen LogP contribution >= 0.6 is 0 Å². The minimum absolute atomic E-state index is 0.494. The molecule has 0 fully saturated rings. The molecule has 0 bridgehead atoms. The molecule has 0 spiro atoms. The highest BCUT2D eigenvalue weighted by Gasteiger charge is 2.08. The second-order valence-corrected chi connectivity index (χ2v) is 4.16. The minimum atomic E-state index is 0.494. The monoisotopic (exact) mass is 214 g/mol. The van der Waals surface area contributed by atoms with Crippen LogP contribution in [0.1, 0.15) is 44.6 Å². The lowest BCUT2D eigenvalue weighted by molar-refractivity contribution is 0.795. The van der Waals surface area contributed by atoms with Gasteiger partial charge in [0, 0.05) is 5.92 Å². The summed E-state index contributed by atoms with van der Waals surface area (Å²) in [5.74, 6) is 0.494. The van der Waals surface area contributed by atoms with Gasteiger partial charge in [-0.15, -0.1) is 0 Å². The summed E-state index contributed by atoms with van der Waals surface area (Å²) in [5.41, 5.74) is 2.72. The average Bonchev–Trinajstić information content (AvgIpc) is 2.35. The molecule has 16 heavy (non-hydrogen) atoms. The zero-order valence-corrected chi connectivity index (χ0v) is 10.4. The van der Waals surface area contributed by atoms with Crippen LogP contribution < -0.4 is 0 Å². The maximum atomic E-state index is 4.11. The first-order chi connectivity index (χ1) is 7.77. The Bertz CT molecular complexity index is 332. The van der Waals surface area contributed by atoms with Crippen LogP contribution in [0, 0.1) is 0 Å². The van der Waals surface area contributed by atoms with Crippen molar-refractivity contribution in [2.24, 2.45) is 0 Å². The zero-order chi connectivity index (χ0) is 11.8. The molecule has 0 radical (unpaired) electrons. The Hall–Kier alpha value is -1.30. The van der Waals surface area contributed by atoms with Gasteiger partial charge in [0.25, 0.3) is 0 Å². The van der Waals surface area contributed by atoms with Crippen molar-refractivity contribution in [2.45, 2.75) is 39.0 Å². The second kappa shape index (κ2) is 7.05. The molecule has 0 heterocycles. The van der Waals surface area contributed by atoms with Crippen molar-refractivity contribution in [3.05, 3.63) is 60.2 Å². The van der Waals surface area contributed by atoms with Crippen molar-refractivity contribution in [2.75, 3.05) is 0 Å². The van der Waals surface area contributed by atoms with Gasteiger partial charge in [-0.3, -0.25) is 0 Å². The molecule has 0 N–H and O–H groups in total. The molecule has 0 nitrogen and oxygen atoms in total. The minimum Gasteiger partial charge on any atom is -0.0998 e. The van der Waals surface area contributed by atoms with Crippen molar-refractivity contribution >= 4 is 0 Å². The third-order valence-corrected chi connectivity index (χ3v) is 2.84. The molecule has 1 aromatic rings. The summed E-state index contributed by atoms with van der Waals surface area (Å²) in [6.45, 7) is 8.46. The summed E-state index contributed by atoms with van der Waals surface area (Å²) in [5, 5.41) is 0. The van der Waals surface area contributed by atoms with E-state index < -0.39 is 0 Å². The third kappa shape index (κ3) is 4.06. The highest BCUT2D eigenvalue weighted by atomic mass is 14.1. The fraction of sp³-hybridized carbons (Fsp3) is 0.375. The Morgan fingerprint density at radius 3 is 2.50 bits per heavy atom. The van der Waals surface area contributed by atoms with E-state index in [9.17, 15) is 0 Å². The van der Waals surface area contributed by atoms with E-state index in [-0.39, 0.29) is 0 Å². The van der Waals surface area contributed by atoms with Crippen LogP contribution in [-0.4, -0.2) is 0 Å². The summed E-state index contributed by atoms with van der Waals surface area (Å²) in [6.07, 6.45) is 7.80. The zero-order valence-electron chi connectivity index (χ0n) is 10.4. The van der Waals surface area contributed by atoms with E-state index in [1.54, 1.807) is 0 Å². The van der Waals surface area contributed by atoms with Crippen LogP contribution in [0.5, 0.6) is 0 Å². The highest BCUT2D eigenvalue weighted by molar-refractivity contribution is 5.25. The van der Waals surface area contributed by atoms with Crippen LogP contribution in [0.15, 0.2) is 54.6 Å². The predicted molar refractivity (Wildman–Crippen MR) is 72.7 cm³/mol.